The number of hydrogen-bond acceptors (Lipinski definition) is 2. The fraction of sp³-hybridized carbons (Fsp3) is 0.308. The lowest BCUT2D eigenvalue weighted by molar-refractivity contribution is -0.118. The zero-order valence-electron chi connectivity index (χ0n) is 9.45. The minimum Gasteiger partial charge on any atom is -0.384 e. The Morgan fingerprint density at radius 1 is 1.38 bits per heavy atom. The molecule has 0 saturated heterocycles. The van der Waals surface area contributed by atoms with Crippen molar-refractivity contribution in [3.63, 3.8) is 0 Å². The van der Waals surface area contributed by atoms with Gasteiger partial charge in [-0.15, -0.1) is 0 Å². The zero-order valence-corrected chi connectivity index (χ0v) is 9.45. The molecule has 16 heavy (non-hydrogen) atoms. The zero-order chi connectivity index (χ0) is 12.0. The first-order chi connectivity index (χ1) is 7.63. The molecule has 0 spiro atoms. The summed E-state index contributed by atoms with van der Waals surface area (Å²) in [4.78, 5) is 11.4. The molecule has 0 aliphatic carbocycles. The summed E-state index contributed by atoms with van der Waals surface area (Å²) in [5.74, 6) is 5.31. The molecular weight excluding hydrogens is 202 g/mol. The fourth-order valence-electron chi connectivity index (χ4n) is 1.07. The van der Waals surface area contributed by atoms with Crippen LogP contribution in [0.25, 0.3) is 0 Å². The Labute approximate surface area is 95.5 Å². The van der Waals surface area contributed by atoms with Crippen molar-refractivity contribution in [1.82, 2.24) is 0 Å². The topological polar surface area (TPSA) is 49.3 Å². The van der Waals surface area contributed by atoms with E-state index in [0.29, 0.717) is 0 Å². The summed E-state index contributed by atoms with van der Waals surface area (Å²) in [6.45, 7) is 3.54. The normalized spacial score (nSPS) is 9.50. The molecule has 3 nitrogen and oxygen atoms in total. The minimum atomic E-state index is -0.147. The number of carbonyl (C=O) groups excluding carboxylic acids is 1. The van der Waals surface area contributed by atoms with Crippen molar-refractivity contribution in [3.05, 3.63) is 29.8 Å². The molecule has 0 radical (unpaired) electrons. The highest BCUT2D eigenvalue weighted by atomic mass is 16.2. The van der Waals surface area contributed by atoms with Crippen LogP contribution in [0.1, 0.15) is 19.4 Å². The molecule has 3 heteroatoms. The number of amides is 1. The molecule has 0 aromatic heterocycles. The molecule has 1 aromatic carbocycles. The van der Waals surface area contributed by atoms with Crippen LogP contribution in [0.15, 0.2) is 24.3 Å². The number of nitrogens with one attached hydrogen (secondary N) is 1. The number of carbonyl (C=O) groups is 1. The van der Waals surface area contributed by atoms with Gasteiger partial charge in [0.25, 0.3) is 0 Å². The van der Waals surface area contributed by atoms with E-state index in [9.17, 15) is 4.79 Å². The predicted molar refractivity (Wildman–Crippen MR) is 63.9 cm³/mol. The molecule has 0 unspecified atom stereocenters. The smallest absolute Gasteiger partial charge is 0.226 e. The summed E-state index contributed by atoms with van der Waals surface area (Å²) in [5, 5.41) is 11.3. The lowest BCUT2D eigenvalue weighted by atomic mass is 10.2. The molecule has 0 heterocycles. The summed E-state index contributed by atoms with van der Waals surface area (Å²) in [7, 11) is 0. The highest BCUT2D eigenvalue weighted by Crippen LogP contribution is 2.10. The quantitative estimate of drug-likeness (QED) is 0.740. The second kappa shape index (κ2) is 5.94. The van der Waals surface area contributed by atoms with Gasteiger partial charge in [0.1, 0.15) is 6.61 Å². The van der Waals surface area contributed by atoms with E-state index in [0.717, 1.165) is 11.3 Å². The molecular formula is C13H15NO2. The standard InChI is InChI=1S/C13H15NO2/c1-10(2)13(16)14-12-7-5-11(6-8-12)4-3-9-15/h5-8,10,15H,9H2,1-2H3,(H,14,16). The minimum absolute atomic E-state index is 0.00538. The van der Waals surface area contributed by atoms with Crippen molar-refractivity contribution in [1.29, 1.82) is 0 Å². The van der Waals surface area contributed by atoms with Gasteiger partial charge in [-0.1, -0.05) is 25.7 Å². The third-order valence-electron chi connectivity index (χ3n) is 1.99. The summed E-state index contributed by atoms with van der Waals surface area (Å²) in [5.41, 5.74) is 1.57. The Morgan fingerprint density at radius 2 is 2.00 bits per heavy atom. The average molecular weight is 217 g/mol. The van der Waals surface area contributed by atoms with Gasteiger partial charge in [0.2, 0.25) is 5.91 Å². The first-order valence-electron chi connectivity index (χ1n) is 5.14. The number of anilines is 1. The number of aliphatic hydroxyl groups is 1. The van der Waals surface area contributed by atoms with Gasteiger partial charge < -0.3 is 10.4 Å². The van der Waals surface area contributed by atoms with E-state index in [-0.39, 0.29) is 18.4 Å². The van der Waals surface area contributed by atoms with Crippen LogP contribution in [0.5, 0.6) is 0 Å². The van der Waals surface area contributed by atoms with Crippen LogP contribution in [-0.2, 0) is 4.79 Å². The van der Waals surface area contributed by atoms with E-state index >= 15 is 0 Å². The van der Waals surface area contributed by atoms with Crippen LogP contribution >= 0.6 is 0 Å². The molecule has 0 atom stereocenters. The first-order valence-corrected chi connectivity index (χ1v) is 5.14. The second-order valence-corrected chi connectivity index (χ2v) is 3.68. The number of rotatable bonds is 2. The van der Waals surface area contributed by atoms with Crippen LogP contribution < -0.4 is 5.32 Å². The van der Waals surface area contributed by atoms with Gasteiger partial charge in [0.05, 0.1) is 0 Å². The Kier molecular flexibility index (Phi) is 4.56. The van der Waals surface area contributed by atoms with Gasteiger partial charge in [-0.25, -0.2) is 0 Å². The molecule has 1 rings (SSSR count). The number of aliphatic hydroxyl groups excluding tert-OH is 1. The van der Waals surface area contributed by atoms with Crippen molar-refractivity contribution < 1.29 is 9.90 Å². The molecule has 1 aromatic rings. The van der Waals surface area contributed by atoms with E-state index in [1.165, 1.54) is 0 Å². The largest absolute Gasteiger partial charge is 0.384 e. The lowest BCUT2D eigenvalue weighted by Gasteiger charge is -2.07. The maximum atomic E-state index is 11.4. The summed E-state index contributed by atoms with van der Waals surface area (Å²) >= 11 is 0. The van der Waals surface area contributed by atoms with Gasteiger partial charge in [-0.3, -0.25) is 4.79 Å². The molecule has 0 aliphatic rings. The van der Waals surface area contributed by atoms with Gasteiger partial charge >= 0.3 is 0 Å². The van der Waals surface area contributed by atoms with E-state index < -0.39 is 0 Å². The SMILES string of the molecule is CC(C)C(=O)Nc1ccc(C#CCO)cc1. The van der Waals surface area contributed by atoms with Crippen molar-refractivity contribution >= 4 is 11.6 Å². The Hall–Kier alpha value is -1.79. The van der Waals surface area contributed by atoms with Crippen molar-refractivity contribution in [3.8, 4) is 11.8 Å². The van der Waals surface area contributed by atoms with Crippen LogP contribution in [0.4, 0.5) is 5.69 Å². The Bertz CT molecular complexity index is 410. The lowest BCUT2D eigenvalue weighted by Crippen LogP contribution is -2.17. The molecule has 2 N–H and O–H groups in total. The van der Waals surface area contributed by atoms with Crippen LogP contribution in [0.2, 0.25) is 0 Å². The van der Waals surface area contributed by atoms with E-state index in [1.807, 2.05) is 13.8 Å². The third-order valence-corrected chi connectivity index (χ3v) is 1.99. The van der Waals surface area contributed by atoms with Gasteiger partial charge in [0, 0.05) is 17.2 Å². The van der Waals surface area contributed by atoms with Crippen molar-refractivity contribution in [2.75, 3.05) is 11.9 Å². The average Bonchev–Trinajstić information content (AvgIpc) is 2.28. The fourth-order valence-corrected chi connectivity index (χ4v) is 1.07. The summed E-state index contributed by atoms with van der Waals surface area (Å²) in [6, 6.07) is 7.19. The van der Waals surface area contributed by atoms with Crippen molar-refractivity contribution in [2.45, 2.75) is 13.8 Å². The molecule has 0 bridgehead atoms. The summed E-state index contributed by atoms with van der Waals surface area (Å²) < 4.78 is 0. The second-order valence-electron chi connectivity index (χ2n) is 3.68. The van der Waals surface area contributed by atoms with E-state index in [4.69, 9.17) is 5.11 Å². The molecule has 0 saturated carbocycles. The Morgan fingerprint density at radius 3 is 2.50 bits per heavy atom. The van der Waals surface area contributed by atoms with Crippen LogP contribution in [-0.4, -0.2) is 17.6 Å². The molecule has 84 valence electrons. The van der Waals surface area contributed by atoms with Gasteiger partial charge in [-0.2, -0.15) is 0 Å². The van der Waals surface area contributed by atoms with Crippen molar-refractivity contribution in [2.24, 2.45) is 5.92 Å². The third kappa shape index (κ3) is 3.76. The number of benzene rings is 1. The van der Waals surface area contributed by atoms with Gasteiger partial charge in [0.15, 0.2) is 0 Å². The summed E-state index contributed by atoms with van der Waals surface area (Å²) in [6.07, 6.45) is 0. The first kappa shape index (κ1) is 12.3. The van der Waals surface area contributed by atoms with E-state index in [2.05, 4.69) is 17.2 Å². The van der Waals surface area contributed by atoms with E-state index in [1.54, 1.807) is 24.3 Å². The van der Waals surface area contributed by atoms with Crippen LogP contribution in [0, 0.1) is 17.8 Å². The Balaban J connectivity index is 2.68. The van der Waals surface area contributed by atoms with Gasteiger partial charge in [-0.05, 0) is 24.3 Å². The highest BCUT2D eigenvalue weighted by molar-refractivity contribution is 5.92. The highest BCUT2D eigenvalue weighted by Gasteiger charge is 2.06. The maximum Gasteiger partial charge on any atom is 0.226 e. The monoisotopic (exact) mass is 217 g/mol. The maximum absolute atomic E-state index is 11.4. The molecule has 0 aliphatic heterocycles. The van der Waals surface area contributed by atoms with Crippen LogP contribution in [0.3, 0.4) is 0 Å². The molecule has 1 amide bonds. The predicted octanol–water partition coefficient (Wildman–Crippen LogP) is 1.62. The molecule has 0 fully saturated rings. The number of hydrogen-bond donors (Lipinski definition) is 2.